The fraction of sp³-hybridized carbons (Fsp3) is 0.737. The normalized spacial score (nSPS) is 33.0. The summed E-state index contributed by atoms with van der Waals surface area (Å²) in [5.41, 5.74) is 5.37. The maximum absolute atomic E-state index is 12.5. The van der Waals surface area contributed by atoms with Crippen LogP contribution in [-0.2, 0) is 14.4 Å². The first-order valence-electron chi connectivity index (χ1n) is 10.2. The van der Waals surface area contributed by atoms with Gasteiger partial charge < -0.3 is 36.6 Å². The number of aliphatic hydroxyl groups excluding tert-OH is 2. The highest BCUT2D eigenvalue weighted by molar-refractivity contribution is 8.03. The van der Waals surface area contributed by atoms with E-state index in [4.69, 9.17) is 5.73 Å². The fourth-order valence-corrected chi connectivity index (χ4v) is 6.98. The van der Waals surface area contributed by atoms with E-state index in [0.717, 1.165) is 0 Å². The number of nitrogens with zero attached hydrogens (tertiary/aromatic N) is 1. The molecule has 2 fully saturated rings. The van der Waals surface area contributed by atoms with Crippen molar-refractivity contribution in [3.8, 4) is 0 Å². The number of aliphatic carboxylic acids is 1. The lowest BCUT2D eigenvalue weighted by Crippen LogP contribution is -2.63. The summed E-state index contributed by atoms with van der Waals surface area (Å²) in [4.78, 5) is 38.8. The molecule has 3 aliphatic rings. The Labute approximate surface area is 189 Å². The second-order valence-electron chi connectivity index (χ2n) is 8.18. The van der Waals surface area contributed by atoms with Crippen LogP contribution in [0.15, 0.2) is 10.6 Å². The monoisotopic (exact) mass is 474 g/mol. The highest BCUT2D eigenvalue weighted by Gasteiger charge is 2.60. The highest BCUT2D eigenvalue weighted by Crippen LogP contribution is 2.51. The second kappa shape index (κ2) is 9.67. The lowest BCUT2D eigenvalue weighted by Gasteiger charge is -2.46. The van der Waals surface area contributed by atoms with Crippen molar-refractivity contribution in [1.82, 2.24) is 15.5 Å². The molecule has 3 aliphatic heterocycles. The molecule has 3 heterocycles. The summed E-state index contributed by atoms with van der Waals surface area (Å²) in [6.45, 7) is 3.96. The average Bonchev–Trinajstić information content (AvgIpc) is 3.24. The van der Waals surface area contributed by atoms with Crippen LogP contribution in [0.2, 0.25) is 0 Å². The first-order valence-corrected chi connectivity index (χ1v) is 12.4. The van der Waals surface area contributed by atoms with Gasteiger partial charge in [-0.2, -0.15) is 11.8 Å². The third-order valence-corrected chi connectivity index (χ3v) is 8.70. The van der Waals surface area contributed by atoms with Crippen molar-refractivity contribution in [3.05, 3.63) is 10.6 Å². The van der Waals surface area contributed by atoms with Crippen molar-refractivity contribution in [3.63, 3.8) is 0 Å². The van der Waals surface area contributed by atoms with Gasteiger partial charge in [0.25, 0.3) is 0 Å². The van der Waals surface area contributed by atoms with Crippen molar-refractivity contribution < 1.29 is 29.7 Å². The molecule has 10 nitrogen and oxygen atoms in total. The number of amides is 2. The van der Waals surface area contributed by atoms with Crippen LogP contribution in [0.4, 0.5) is 0 Å². The van der Waals surface area contributed by atoms with Gasteiger partial charge in [0, 0.05) is 35.2 Å². The van der Waals surface area contributed by atoms with Crippen LogP contribution in [0.1, 0.15) is 20.3 Å². The molecule has 3 rings (SSSR count). The molecule has 2 unspecified atom stereocenters. The van der Waals surface area contributed by atoms with Gasteiger partial charge in [-0.25, -0.2) is 4.79 Å². The fourth-order valence-electron chi connectivity index (χ4n) is 4.67. The SMILES string of the molecule is CSC(C(=O)NC(O)CN)[C@@H]1C[C@H](SC2=C(C(=O)O)N3C(=O)[C@H]([C@@H](C)O)[C@H]3[C@H]2C)CN1. The first-order chi connectivity index (χ1) is 14.6. The van der Waals surface area contributed by atoms with Gasteiger partial charge in [0.15, 0.2) is 0 Å². The minimum Gasteiger partial charge on any atom is -0.477 e. The number of carboxylic acids is 1. The molecule has 12 heteroatoms. The Kier molecular flexibility index (Phi) is 7.59. The van der Waals surface area contributed by atoms with Gasteiger partial charge >= 0.3 is 5.97 Å². The summed E-state index contributed by atoms with van der Waals surface area (Å²) in [6, 6.07) is -0.485. The number of thioether (sulfide) groups is 2. The molecule has 8 atom stereocenters. The number of nitrogens with one attached hydrogen (secondary N) is 2. The summed E-state index contributed by atoms with van der Waals surface area (Å²) in [5.74, 6) is -2.57. The van der Waals surface area contributed by atoms with E-state index in [1.54, 1.807) is 6.92 Å². The van der Waals surface area contributed by atoms with E-state index in [0.29, 0.717) is 17.9 Å². The second-order valence-corrected chi connectivity index (χ2v) is 10.5. The van der Waals surface area contributed by atoms with Crippen LogP contribution in [0.5, 0.6) is 0 Å². The molecule has 0 aromatic heterocycles. The Balaban J connectivity index is 1.71. The summed E-state index contributed by atoms with van der Waals surface area (Å²) in [7, 11) is 0. The third-order valence-electron chi connectivity index (χ3n) is 6.14. The maximum atomic E-state index is 12.5. The van der Waals surface area contributed by atoms with Crippen molar-refractivity contribution >= 4 is 41.3 Å². The molecule has 0 aromatic rings. The number of nitrogens with two attached hydrogens (primary N) is 1. The Morgan fingerprint density at radius 1 is 1.39 bits per heavy atom. The Morgan fingerprint density at radius 2 is 2.06 bits per heavy atom. The molecule has 2 saturated heterocycles. The van der Waals surface area contributed by atoms with Crippen molar-refractivity contribution in [1.29, 1.82) is 0 Å². The van der Waals surface area contributed by atoms with Crippen LogP contribution in [0, 0.1) is 11.8 Å². The Morgan fingerprint density at radius 3 is 2.61 bits per heavy atom. The van der Waals surface area contributed by atoms with Crippen LogP contribution >= 0.6 is 23.5 Å². The van der Waals surface area contributed by atoms with Crippen LogP contribution in [-0.4, -0.2) is 92.3 Å². The summed E-state index contributed by atoms with van der Waals surface area (Å²) < 4.78 is 0. The van der Waals surface area contributed by atoms with Crippen molar-refractivity contribution in [2.24, 2.45) is 17.6 Å². The smallest absolute Gasteiger partial charge is 0.353 e. The molecular weight excluding hydrogens is 444 g/mol. The van der Waals surface area contributed by atoms with Crippen LogP contribution in [0.3, 0.4) is 0 Å². The predicted octanol–water partition coefficient (Wildman–Crippen LogP) is -1.27. The highest BCUT2D eigenvalue weighted by atomic mass is 32.2. The lowest BCUT2D eigenvalue weighted by atomic mass is 9.79. The van der Waals surface area contributed by atoms with Crippen molar-refractivity contribution in [2.75, 3.05) is 19.3 Å². The first kappa shape index (κ1) is 24.3. The number of β-lactam (4-membered cyclic amide) rings is 1. The maximum Gasteiger partial charge on any atom is 0.353 e. The number of hydrogen-bond acceptors (Lipinski definition) is 9. The average molecular weight is 475 g/mol. The molecule has 2 amide bonds. The Hall–Kier alpha value is -1.31. The van der Waals surface area contributed by atoms with E-state index < -0.39 is 29.5 Å². The van der Waals surface area contributed by atoms with E-state index in [9.17, 15) is 29.7 Å². The number of aliphatic hydroxyl groups is 2. The summed E-state index contributed by atoms with van der Waals surface area (Å²) in [5, 5.41) is 34.7. The number of carbonyl (C=O) groups excluding carboxylic acids is 2. The summed E-state index contributed by atoms with van der Waals surface area (Å²) in [6.07, 6.45) is 0.514. The van der Waals surface area contributed by atoms with Gasteiger partial charge in [-0.3, -0.25) is 9.59 Å². The van der Waals surface area contributed by atoms with Crippen LogP contribution in [0.25, 0.3) is 0 Å². The number of rotatable bonds is 9. The number of carbonyl (C=O) groups is 3. The van der Waals surface area contributed by atoms with E-state index in [2.05, 4.69) is 10.6 Å². The van der Waals surface area contributed by atoms with E-state index in [1.807, 2.05) is 13.2 Å². The molecule has 0 radical (unpaired) electrons. The molecule has 7 N–H and O–H groups in total. The quantitative estimate of drug-likeness (QED) is 0.175. The number of fused-ring (bicyclic) bond motifs is 1. The van der Waals surface area contributed by atoms with E-state index in [-0.39, 0.29) is 47.3 Å². The minimum atomic E-state index is -1.14. The molecule has 174 valence electrons. The topological polar surface area (TPSA) is 165 Å². The Bertz CT molecular complexity index is 778. The van der Waals surface area contributed by atoms with Gasteiger partial charge in [0.1, 0.15) is 11.9 Å². The largest absolute Gasteiger partial charge is 0.477 e. The molecular formula is C19H30N4O6S2. The predicted molar refractivity (Wildman–Crippen MR) is 118 cm³/mol. The lowest BCUT2D eigenvalue weighted by molar-refractivity contribution is -0.163. The van der Waals surface area contributed by atoms with E-state index in [1.165, 1.54) is 28.4 Å². The zero-order valence-electron chi connectivity index (χ0n) is 17.6. The minimum absolute atomic E-state index is 0.0121. The van der Waals surface area contributed by atoms with Gasteiger partial charge in [-0.15, -0.1) is 11.8 Å². The number of hydrogen-bond donors (Lipinski definition) is 6. The third kappa shape index (κ3) is 4.46. The van der Waals surface area contributed by atoms with Gasteiger partial charge in [0.2, 0.25) is 11.8 Å². The molecule has 0 aliphatic carbocycles. The standard InChI is InChI=1S/C19H30N4O6S2/c1-7-13-12(8(2)24)18(27)23(13)14(19(28)29)15(7)31-9-4-10(21-6-9)16(30-3)17(26)22-11(25)5-20/h7-13,16,21,24-25H,4-6,20H2,1-3H3,(H,22,26)(H,28,29)/t7-,8-,9+,10+,11?,12-,13-,16?/m1/s1. The molecule has 0 bridgehead atoms. The van der Waals surface area contributed by atoms with Gasteiger partial charge in [-0.1, -0.05) is 6.92 Å². The van der Waals surface area contributed by atoms with Gasteiger partial charge in [-0.05, 0) is 19.6 Å². The van der Waals surface area contributed by atoms with Gasteiger partial charge in [0.05, 0.1) is 23.3 Å². The zero-order valence-corrected chi connectivity index (χ0v) is 19.3. The molecule has 31 heavy (non-hydrogen) atoms. The molecule has 0 spiro atoms. The molecule has 0 saturated carbocycles. The zero-order chi connectivity index (χ0) is 23.0. The van der Waals surface area contributed by atoms with E-state index >= 15 is 0 Å². The summed E-state index contributed by atoms with van der Waals surface area (Å²) >= 11 is 2.81. The van der Waals surface area contributed by atoms with Crippen LogP contribution < -0.4 is 16.4 Å². The van der Waals surface area contributed by atoms with Crippen molar-refractivity contribution in [2.45, 2.75) is 55.2 Å². The number of carboxylic acid groups (broad SMARTS) is 1. The molecule has 0 aromatic carbocycles.